The Kier molecular flexibility index (Phi) is 5.02. The molecule has 1 aromatic rings. The van der Waals surface area contributed by atoms with Crippen LogP contribution in [0, 0.1) is 5.92 Å². The number of hydrogen-bond acceptors (Lipinski definition) is 2. The van der Waals surface area contributed by atoms with E-state index < -0.39 is 6.36 Å². The lowest BCUT2D eigenvalue weighted by Gasteiger charge is -2.20. The molecule has 0 saturated carbocycles. The van der Waals surface area contributed by atoms with Gasteiger partial charge in [0.15, 0.2) is 0 Å². The van der Waals surface area contributed by atoms with Crippen LogP contribution in [0.25, 0.3) is 0 Å². The van der Waals surface area contributed by atoms with E-state index in [4.69, 9.17) is 5.73 Å². The summed E-state index contributed by atoms with van der Waals surface area (Å²) < 4.78 is 39.8. The Morgan fingerprint density at radius 3 is 2.22 bits per heavy atom. The van der Waals surface area contributed by atoms with Crippen molar-refractivity contribution in [1.29, 1.82) is 0 Å². The largest absolute Gasteiger partial charge is 0.573 e. The fourth-order valence-electron chi connectivity index (χ4n) is 1.86. The summed E-state index contributed by atoms with van der Waals surface area (Å²) in [6, 6.07) is 5.59. The molecule has 1 aromatic carbocycles. The van der Waals surface area contributed by atoms with Gasteiger partial charge in [0.1, 0.15) is 5.75 Å². The minimum Gasteiger partial charge on any atom is -0.406 e. The van der Waals surface area contributed by atoms with Gasteiger partial charge in [-0.15, -0.1) is 13.2 Å². The second kappa shape index (κ2) is 6.09. The third-order valence-corrected chi connectivity index (χ3v) is 2.86. The van der Waals surface area contributed by atoms with E-state index >= 15 is 0 Å². The fraction of sp³-hybridized carbons (Fsp3) is 0.538. The van der Waals surface area contributed by atoms with Gasteiger partial charge in [0, 0.05) is 6.04 Å². The Hall–Kier alpha value is -1.23. The Bertz CT molecular complexity index is 361. The van der Waals surface area contributed by atoms with Crippen LogP contribution in [0.2, 0.25) is 0 Å². The van der Waals surface area contributed by atoms with Gasteiger partial charge in [-0.1, -0.05) is 32.4 Å². The van der Waals surface area contributed by atoms with Crippen molar-refractivity contribution in [2.45, 2.75) is 39.1 Å². The Labute approximate surface area is 105 Å². The zero-order valence-corrected chi connectivity index (χ0v) is 10.5. The molecule has 0 saturated heterocycles. The van der Waals surface area contributed by atoms with E-state index in [-0.39, 0.29) is 11.8 Å². The van der Waals surface area contributed by atoms with E-state index in [2.05, 4.69) is 11.7 Å². The summed E-state index contributed by atoms with van der Waals surface area (Å²) in [7, 11) is 0. The van der Waals surface area contributed by atoms with E-state index in [1.807, 2.05) is 6.92 Å². The van der Waals surface area contributed by atoms with Crippen LogP contribution in [0.15, 0.2) is 24.3 Å². The zero-order valence-electron chi connectivity index (χ0n) is 10.5. The van der Waals surface area contributed by atoms with Crippen molar-refractivity contribution in [2.24, 2.45) is 11.7 Å². The Balaban J connectivity index is 2.70. The molecule has 0 aliphatic carbocycles. The van der Waals surface area contributed by atoms with Gasteiger partial charge in [0.05, 0.1) is 0 Å². The molecule has 2 N–H and O–H groups in total. The maximum atomic E-state index is 12.0. The summed E-state index contributed by atoms with van der Waals surface area (Å²) >= 11 is 0. The first-order chi connectivity index (χ1) is 8.33. The van der Waals surface area contributed by atoms with Crippen LogP contribution in [-0.2, 0) is 0 Å². The number of ether oxygens (including phenoxy) is 1. The minimum atomic E-state index is -4.65. The highest BCUT2D eigenvalue weighted by molar-refractivity contribution is 5.29. The van der Waals surface area contributed by atoms with E-state index in [1.54, 1.807) is 12.1 Å². The van der Waals surface area contributed by atoms with Crippen LogP contribution < -0.4 is 10.5 Å². The van der Waals surface area contributed by atoms with Crippen molar-refractivity contribution in [3.05, 3.63) is 29.8 Å². The van der Waals surface area contributed by atoms with Gasteiger partial charge in [-0.3, -0.25) is 0 Å². The highest BCUT2D eigenvalue weighted by Gasteiger charge is 2.31. The monoisotopic (exact) mass is 261 g/mol. The van der Waals surface area contributed by atoms with E-state index in [0.717, 1.165) is 18.4 Å². The molecule has 0 aromatic heterocycles. The highest BCUT2D eigenvalue weighted by atomic mass is 19.4. The van der Waals surface area contributed by atoms with Crippen LogP contribution in [-0.4, -0.2) is 6.36 Å². The van der Waals surface area contributed by atoms with E-state index in [9.17, 15) is 13.2 Å². The summed E-state index contributed by atoms with van der Waals surface area (Å²) in [5.74, 6) is 0.0750. The third kappa shape index (κ3) is 4.56. The number of hydrogen-bond donors (Lipinski definition) is 1. The standard InChI is InChI=1S/C13H18F3NO/c1-3-4-9(2)12(17)10-5-7-11(8-6-10)18-13(14,15)16/h5-9,12H,3-4,17H2,1-2H3. The number of rotatable bonds is 5. The SMILES string of the molecule is CCCC(C)C(N)c1ccc(OC(F)(F)F)cc1. The minimum absolute atomic E-state index is 0.162. The van der Waals surface area contributed by atoms with Gasteiger partial charge in [0.25, 0.3) is 0 Å². The number of nitrogens with two attached hydrogens (primary N) is 1. The maximum Gasteiger partial charge on any atom is 0.573 e. The first kappa shape index (κ1) is 14.8. The van der Waals surface area contributed by atoms with Gasteiger partial charge in [0.2, 0.25) is 0 Å². The van der Waals surface area contributed by atoms with Crippen LogP contribution in [0.1, 0.15) is 38.3 Å². The Morgan fingerprint density at radius 1 is 1.22 bits per heavy atom. The predicted molar refractivity (Wildman–Crippen MR) is 64.1 cm³/mol. The van der Waals surface area contributed by atoms with Gasteiger partial charge in [-0.05, 0) is 30.0 Å². The normalized spacial score (nSPS) is 15.2. The summed E-state index contributed by atoms with van der Waals surface area (Å²) in [6.07, 6.45) is -2.63. The van der Waals surface area contributed by atoms with Crippen molar-refractivity contribution >= 4 is 0 Å². The molecule has 18 heavy (non-hydrogen) atoms. The second-order valence-corrected chi connectivity index (χ2v) is 4.41. The van der Waals surface area contributed by atoms with Crippen LogP contribution in [0.3, 0.4) is 0 Å². The topological polar surface area (TPSA) is 35.2 Å². The molecule has 0 fully saturated rings. The molecule has 0 bridgehead atoms. The first-order valence-electron chi connectivity index (χ1n) is 5.94. The molecule has 0 aliphatic rings. The van der Waals surface area contributed by atoms with Crippen molar-refractivity contribution in [2.75, 3.05) is 0 Å². The van der Waals surface area contributed by atoms with E-state index in [0.29, 0.717) is 5.92 Å². The summed E-state index contributed by atoms with van der Waals surface area (Å²) in [6.45, 7) is 4.11. The molecule has 2 nitrogen and oxygen atoms in total. The van der Waals surface area contributed by atoms with Crippen LogP contribution in [0.5, 0.6) is 5.75 Å². The van der Waals surface area contributed by atoms with Crippen LogP contribution in [0.4, 0.5) is 13.2 Å². The van der Waals surface area contributed by atoms with Crippen molar-refractivity contribution in [3.8, 4) is 5.75 Å². The third-order valence-electron chi connectivity index (χ3n) is 2.86. The molecule has 5 heteroatoms. The molecule has 0 spiro atoms. The first-order valence-corrected chi connectivity index (χ1v) is 5.94. The van der Waals surface area contributed by atoms with Crippen LogP contribution >= 0.6 is 0 Å². The lowest BCUT2D eigenvalue weighted by atomic mass is 9.92. The Morgan fingerprint density at radius 2 is 1.78 bits per heavy atom. The van der Waals surface area contributed by atoms with Crippen molar-refractivity contribution < 1.29 is 17.9 Å². The predicted octanol–water partition coefficient (Wildman–Crippen LogP) is 4.02. The van der Waals surface area contributed by atoms with Crippen molar-refractivity contribution in [1.82, 2.24) is 0 Å². The number of alkyl halides is 3. The molecule has 102 valence electrons. The molecule has 0 heterocycles. The number of halogens is 3. The van der Waals surface area contributed by atoms with Gasteiger partial charge < -0.3 is 10.5 Å². The molecule has 0 aliphatic heterocycles. The zero-order chi connectivity index (χ0) is 13.8. The summed E-state index contributed by atoms with van der Waals surface area (Å²) in [4.78, 5) is 0. The highest BCUT2D eigenvalue weighted by Crippen LogP contribution is 2.27. The smallest absolute Gasteiger partial charge is 0.406 e. The van der Waals surface area contributed by atoms with Gasteiger partial charge in [-0.25, -0.2) is 0 Å². The van der Waals surface area contributed by atoms with Gasteiger partial charge in [-0.2, -0.15) is 0 Å². The molecule has 1 rings (SSSR count). The molecule has 0 amide bonds. The molecule has 0 radical (unpaired) electrons. The lowest BCUT2D eigenvalue weighted by molar-refractivity contribution is -0.274. The molecular weight excluding hydrogens is 243 g/mol. The molecule has 2 atom stereocenters. The van der Waals surface area contributed by atoms with Crippen molar-refractivity contribution in [3.63, 3.8) is 0 Å². The maximum absolute atomic E-state index is 12.0. The second-order valence-electron chi connectivity index (χ2n) is 4.41. The molecular formula is C13H18F3NO. The summed E-state index contributed by atoms with van der Waals surface area (Å²) in [5.41, 5.74) is 6.86. The average Bonchev–Trinajstić information content (AvgIpc) is 2.27. The fourth-order valence-corrected chi connectivity index (χ4v) is 1.86. The summed E-state index contributed by atoms with van der Waals surface area (Å²) in [5, 5.41) is 0. The number of benzene rings is 1. The van der Waals surface area contributed by atoms with E-state index in [1.165, 1.54) is 12.1 Å². The lowest BCUT2D eigenvalue weighted by Crippen LogP contribution is -2.19. The average molecular weight is 261 g/mol. The molecule has 2 unspecified atom stereocenters. The van der Waals surface area contributed by atoms with Gasteiger partial charge >= 0.3 is 6.36 Å². The quantitative estimate of drug-likeness (QED) is 0.868.